The molecule has 190 valence electrons. The van der Waals surface area contributed by atoms with Crippen LogP contribution in [0, 0.1) is 17.0 Å². The van der Waals surface area contributed by atoms with Gasteiger partial charge in [0.25, 0.3) is 5.69 Å². The number of rotatable bonds is 10. The Bertz CT molecular complexity index is 1380. The largest absolute Gasteiger partial charge is 0.344 e. The normalized spacial score (nSPS) is 12.6. The van der Waals surface area contributed by atoms with E-state index in [1.807, 2.05) is 60.0 Å². The number of hydrogen-bond donors (Lipinski definition) is 1. The topological polar surface area (TPSA) is 103 Å². The molecule has 0 aliphatic carbocycles. The van der Waals surface area contributed by atoms with Gasteiger partial charge in [-0.25, -0.2) is 0 Å². The Hall–Kier alpha value is -3.69. The molecule has 8 nitrogen and oxygen atoms in total. The number of nitro benzene ring substituents is 1. The molecule has 3 aromatic carbocycles. The predicted octanol–water partition coefficient (Wildman–Crippen LogP) is 5.80. The van der Waals surface area contributed by atoms with E-state index in [4.69, 9.17) is 11.6 Å². The second-order valence-corrected chi connectivity index (χ2v) is 10.2. The number of nitro groups is 1. The first-order valence-corrected chi connectivity index (χ1v) is 13.1. The van der Waals surface area contributed by atoms with Gasteiger partial charge in [-0.05, 0) is 43.5 Å². The van der Waals surface area contributed by atoms with Crippen molar-refractivity contribution in [3.05, 3.63) is 111 Å². The summed E-state index contributed by atoms with van der Waals surface area (Å²) in [5, 5.41) is 23.1. The summed E-state index contributed by atoms with van der Waals surface area (Å²) in [6.07, 6.45) is 0.462. The highest BCUT2D eigenvalue weighted by Gasteiger charge is 2.26. The minimum Gasteiger partial charge on any atom is -0.344 e. The first-order valence-electron chi connectivity index (χ1n) is 11.7. The Morgan fingerprint density at radius 1 is 1.05 bits per heavy atom. The Morgan fingerprint density at radius 2 is 1.76 bits per heavy atom. The number of aryl methyl sites for hydroxylation is 1. The minimum absolute atomic E-state index is 0.0163. The van der Waals surface area contributed by atoms with Crippen molar-refractivity contribution in [3.8, 4) is 5.69 Å². The summed E-state index contributed by atoms with van der Waals surface area (Å²) in [4.78, 5) is 23.4. The molecule has 1 aromatic heterocycles. The van der Waals surface area contributed by atoms with Gasteiger partial charge in [0.05, 0.1) is 11.0 Å². The van der Waals surface area contributed by atoms with Gasteiger partial charge < -0.3 is 5.32 Å². The number of thioether (sulfide) groups is 1. The molecule has 10 heteroatoms. The van der Waals surface area contributed by atoms with Gasteiger partial charge in [0.1, 0.15) is 5.38 Å². The van der Waals surface area contributed by atoms with Crippen molar-refractivity contribution in [3.63, 3.8) is 0 Å². The second kappa shape index (κ2) is 12.0. The van der Waals surface area contributed by atoms with Crippen molar-refractivity contribution in [2.75, 3.05) is 0 Å². The van der Waals surface area contributed by atoms with Gasteiger partial charge in [-0.1, -0.05) is 71.9 Å². The summed E-state index contributed by atoms with van der Waals surface area (Å²) >= 11 is 7.58. The molecule has 0 saturated carbocycles. The Balaban J connectivity index is 1.76. The highest BCUT2D eigenvalue weighted by atomic mass is 35.5. The van der Waals surface area contributed by atoms with Crippen molar-refractivity contribution in [1.29, 1.82) is 0 Å². The summed E-state index contributed by atoms with van der Waals surface area (Å²) in [6.45, 7) is 3.65. The molecule has 4 aromatic rings. The monoisotopic (exact) mass is 535 g/mol. The van der Waals surface area contributed by atoms with Crippen LogP contribution in [0.4, 0.5) is 5.69 Å². The van der Waals surface area contributed by atoms with Crippen LogP contribution in [-0.2, 0) is 17.0 Å². The molecule has 0 aliphatic heterocycles. The summed E-state index contributed by atoms with van der Waals surface area (Å²) in [5.41, 5.74) is 3.94. The van der Waals surface area contributed by atoms with Crippen LogP contribution in [0.2, 0.25) is 0 Å². The number of aromatic nitrogens is 3. The lowest BCUT2D eigenvalue weighted by Crippen LogP contribution is -2.35. The van der Waals surface area contributed by atoms with Gasteiger partial charge in [0.15, 0.2) is 11.0 Å². The average molecular weight is 536 g/mol. The van der Waals surface area contributed by atoms with E-state index in [1.165, 1.54) is 23.9 Å². The fourth-order valence-corrected chi connectivity index (χ4v) is 4.82. The van der Waals surface area contributed by atoms with E-state index in [9.17, 15) is 14.9 Å². The van der Waals surface area contributed by atoms with E-state index in [2.05, 4.69) is 21.6 Å². The van der Waals surface area contributed by atoms with E-state index in [-0.39, 0.29) is 11.6 Å². The molecule has 0 saturated heterocycles. The van der Waals surface area contributed by atoms with E-state index in [0.717, 1.165) is 16.7 Å². The van der Waals surface area contributed by atoms with Gasteiger partial charge in [-0.3, -0.25) is 19.5 Å². The average Bonchev–Trinajstić information content (AvgIpc) is 3.31. The van der Waals surface area contributed by atoms with Gasteiger partial charge in [-0.15, -0.1) is 21.8 Å². The molecule has 0 bridgehead atoms. The number of alkyl halides is 1. The molecular formula is C27H26ClN5O3S. The van der Waals surface area contributed by atoms with E-state index < -0.39 is 16.3 Å². The highest BCUT2D eigenvalue weighted by Crippen LogP contribution is 2.30. The van der Waals surface area contributed by atoms with Crippen molar-refractivity contribution in [2.45, 2.75) is 42.6 Å². The van der Waals surface area contributed by atoms with Gasteiger partial charge in [-0.2, -0.15) is 0 Å². The van der Waals surface area contributed by atoms with Crippen LogP contribution in [0.15, 0.2) is 84.0 Å². The molecule has 1 heterocycles. The summed E-state index contributed by atoms with van der Waals surface area (Å²) in [5.74, 6) is 0.839. The highest BCUT2D eigenvalue weighted by molar-refractivity contribution is 7.98. The van der Waals surface area contributed by atoms with Crippen LogP contribution in [0.3, 0.4) is 0 Å². The maximum Gasteiger partial charge on any atom is 0.269 e. The number of nitrogens with zero attached hydrogens (tertiary/aromatic N) is 4. The molecule has 37 heavy (non-hydrogen) atoms. The lowest BCUT2D eigenvalue weighted by molar-refractivity contribution is -0.384. The van der Waals surface area contributed by atoms with Gasteiger partial charge >= 0.3 is 0 Å². The molecule has 0 radical (unpaired) electrons. The van der Waals surface area contributed by atoms with Crippen molar-refractivity contribution < 1.29 is 9.72 Å². The van der Waals surface area contributed by atoms with Crippen LogP contribution in [-0.4, -0.2) is 31.0 Å². The number of carbonyl (C=O) groups is 1. The van der Waals surface area contributed by atoms with Crippen LogP contribution in [0.25, 0.3) is 5.69 Å². The van der Waals surface area contributed by atoms with Crippen molar-refractivity contribution >= 4 is 35.0 Å². The third-order valence-electron chi connectivity index (χ3n) is 5.70. The van der Waals surface area contributed by atoms with Crippen molar-refractivity contribution in [2.24, 2.45) is 0 Å². The molecule has 0 aliphatic rings. The van der Waals surface area contributed by atoms with Crippen LogP contribution >= 0.6 is 23.4 Å². The summed E-state index contributed by atoms with van der Waals surface area (Å²) in [6, 6.07) is 23.6. The first-order chi connectivity index (χ1) is 17.8. The number of carbonyl (C=O) groups excluding carboxylic acids is 1. The smallest absolute Gasteiger partial charge is 0.269 e. The van der Waals surface area contributed by atoms with E-state index >= 15 is 0 Å². The minimum atomic E-state index is -0.732. The number of nitrogens with one attached hydrogen (secondary N) is 1. The molecule has 0 fully saturated rings. The fourth-order valence-electron chi connectivity index (χ4n) is 3.86. The Morgan fingerprint density at radius 3 is 2.41 bits per heavy atom. The Labute approximate surface area is 224 Å². The summed E-state index contributed by atoms with van der Waals surface area (Å²) < 4.78 is 1.84. The maximum atomic E-state index is 12.7. The maximum absolute atomic E-state index is 12.7. The number of amides is 1. The number of hydrogen-bond acceptors (Lipinski definition) is 6. The first kappa shape index (κ1) is 26.4. The molecule has 2 atom stereocenters. The zero-order chi connectivity index (χ0) is 26.4. The molecule has 0 spiro atoms. The predicted molar refractivity (Wildman–Crippen MR) is 145 cm³/mol. The van der Waals surface area contributed by atoms with Crippen LogP contribution < -0.4 is 5.32 Å². The molecular weight excluding hydrogens is 510 g/mol. The zero-order valence-electron chi connectivity index (χ0n) is 20.4. The van der Waals surface area contributed by atoms with Crippen molar-refractivity contribution in [1.82, 2.24) is 20.1 Å². The van der Waals surface area contributed by atoms with Crippen LogP contribution in [0.1, 0.15) is 35.5 Å². The molecule has 2 unspecified atom stereocenters. The third-order valence-corrected chi connectivity index (χ3v) is 6.90. The van der Waals surface area contributed by atoms with Crippen LogP contribution in [0.5, 0.6) is 0 Å². The molecule has 1 N–H and O–H groups in total. The standard InChI is InChI=1S/C27H26ClN5O3S/c1-18-7-6-10-21(15-18)17-37-27-31-30-25(32(27)22-11-13-23(14-12-22)33(35)36)24(29-26(34)19(2)28)16-20-8-4-3-5-9-20/h3-15,19,24H,16-17H2,1-2H3,(H,29,34). The third kappa shape index (κ3) is 6.75. The number of halogens is 1. The van der Waals surface area contributed by atoms with E-state index in [0.29, 0.717) is 28.8 Å². The Kier molecular flexibility index (Phi) is 8.58. The lowest BCUT2D eigenvalue weighted by atomic mass is 10.0. The fraction of sp³-hybridized carbons (Fsp3) is 0.222. The second-order valence-electron chi connectivity index (χ2n) is 8.59. The quantitative estimate of drug-likeness (QED) is 0.119. The van der Waals surface area contributed by atoms with E-state index in [1.54, 1.807) is 19.1 Å². The lowest BCUT2D eigenvalue weighted by Gasteiger charge is -2.21. The van der Waals surface area contributed by atoms with Gasteiger partial charge in [0, 0.05) is 23.6 Å². The number of non-ortho nitro benzene ring substituents is 1. The molecule has 4 rings (SSSR count). The summed E-state index contributed by atoms with van der Waals surface area (Å²) in [7, 11) is 0. The SMILES string of the molecule is Cc1cccc(CSc2nnc(C(Cc3ccccc3)NC(=O)C(C)Cl)n2-c2ccc([N+](=O)[O-])cc2)c1. The zero-order valence-corrected chi connectivity index (χ0v) is 21.9. The molecule has 1 amide bonds. The van der Waals surface area contributed by atoms with Gasteiger partial charge in [0.2, 0.25) is 5.91 Å². The number of benzene rings is 3.